The first kappa shape index (κ1) is 17.4. The number of halogens is 3. The largest absolute Gasteiger partial charge is 0.472 e. The zero-order valence-electron chi connectivity index (χ0n) is 13.1. The summed E-state index contributed by atoms with van der Waals surface area (Å²) in [5, 5.41) is 0. The Morgan fingerprint density at radius 3 is 2.57 bits per heavy atom. The summed E-state index contributed by atoms with van der Waals surface area (Å²) in [6.07, 6.45) is -2.99. The highest BCUT2D eigenvalue weighted by Crippen LogP contribution is 2.48. The topological polar surface area (TPSA) is 35.5 Å². The van der Waals surface area contributed by atoms with Crippen LogP contribution in [0.25, 0.3) is 6.08 Å². The van der Waals surface area contributed by atoms with Gasteiger partial charge in [0.1, 0.15) is 5.75 Å². The van der Waals surface area contributed by atoms with Gasteiger partial charge in [0.2, 0.25) is 5.60 Å². The highest BCUT2D eigenvalue weighted by atomic mass is 19.4. The third kappa shape index (κ3) is 3.21. The van der Waals surface area contributed by atoms with Gasteiger partial charge in [-0.15, -0.1) is 0 Å². The second-order valence-electron chi connectivity index (χ2n) is 5.35. The number of carbonyl (C=O) groups excluding carboxylic acids is 1. The van der Waals surface area contributed by atoms with E-state index in [9.17, 15) is 18.0 Å². The molecule has 126 valence electrons. The summed E-state index contributed by atoms with van der Waals surface area (Å²) < 4.78 is 51.9. The molecule has 1 atom stereocenters. The Balaban J connectivity index is 2.60. The molecule has 6 heteroatoms. The second kappa shape index (κ2) is 6.64. The average Bonchev–Trinajstić information content (AvgIpc) is 2.51. The minimum atomic E-state index is -4.73. The lowest BCUT2D eigenvalue weighted by atomic mass is 9.83. The molecule has 1 aliphatic rings. The normalized spacial score (nSPS) is 20.3. The molecule has 0 saturated heterocycles. The zero-order chi connectivity index (χ0) is 17.1. The number of esters is 1. The number of ether oxygens (including phenoxy) is 2. The van der Waals surface area contributed by atoms with Crippen molar-refractivity contribution in [2.75, 3.05) is 6.61 Å². The van der Waals surface area contributed by atoms with Crippen molar-refractivity contribution >= 4 is 12.0 Å². The Labute approximate surface area is 133 Å². The molecule has 2 rings (SSSR count). The van der Waals surface area contributed by atoms with Crippen molar-refractivity contribution in [1.29, 1.82) is 0 Å². The number of para-hydroxylation sites is 1. The van der Waals surface area contributed by atoms with E-state index in [4.69, 9.17) is 9.47 Å². The van der Waals surface area contributed by atoms with E-state index >= 15 is 0 Å². The average molecular weight is 328 g/mol. The van der Waals surface area contributed by atoms with Gasteiger partial charge in [0.25, 0.3) is 0 Å². The standard InChI is InChI=1S/C17H19F3O3/c1-3-5-10-16(17(18,19)20)13(15(21)22-4-2)11-12-8-6-7-9-14(12)23-16/h6-9,11H,3-5,10H2,1-2H3. The van der Waals surface area contributed by atoms with Crippen LogP contribution in [0.4, 0.5) is 13.2 Å². The lowest BCUT2D eigenvalue weighted by Crippen LogP contribution is -2.55. The Bertz CT molecular complexity index is 607. The minimum Gasteiger partial charge on any atom is -0.472 e. The first-order chi connectivity index (χ1) is 10.9. The summed E-state index contributed by atoms with van der Waals surface area (Å²) in [4.78, 5) is 12.2. The fraction of sp³-hybridized carbons (Fsp3) is 0.471. The highest BCUT2D eigenvalue weighted by molar-refractivity contribution is 5.97. The molecule has 0 aromatic heterocycles. The molecule has 1 aromatic carbocycles. The van der Waals surface area contributed by atoms with Crippen LogP contribution in [0, 0.1) is 0 Å². The van der Waals surface area contributed by atoms with E-state index in [0.717, 1.165) is 0 Å². The van der Waals surface area contributed by atoms with Crippen LogP contribution in [0.15, 0.2) is 29.8 Å². The lowest BCUT2D eigenvalue weighted by Gasteiger charge is -2.40. The second-order valence-corrected chi connectivity index (χ2v) is 5.35. The number of fused-ring (bicyclic) bond motifs is 1. The van der Waals surface area contributed by atoms with Crippen molar-refractivity contribution in [3.8, 4) is 5.75 Å². The quantitative estimate of drug-likeness (QED) is 0.746. The van der Waals surface area contributed by atoms with Crippen molar-refractivity contribution in [3.05, 3.63) is 35.4 Å². The molecule has 0 saturated carbocycles. The molecule has 23 heavy (non-hydrogen) atoms. The van der Waals surface area contributed by atoms with Gasteiger partial charge in [-0.05, 0) is 25.5 Å². The summed E-state index contributed by atoms with van der Waals surface area (Å²) in [7, 11) is 0. The smallest absolute Gasteiger partial charge is 0.432 e. The molecular formula is C17H19F3O3. The number of hydrogen-bond acceptors (Lipinski definition) is 3. The Morgan fingerprint density at radius 1 is 1.26 bits per heavy atom. The monoisotopic (exact) mass is 328 g/mol. The molecule has 0 N–H and O–H groups in total. The van der Waals surface area contributed by atoms with Crippen LogP contribution in [0.5, 0.6) is 5.75 Å². The maximum atomic E-state index is 13.9. The summed E-state index contributed by atoms with van der Waals surface area (Å²) >= 11 is 0. The SMILES string of the molecule is CCCCC1(C(F)(F)F)Oc2ccccc2C=C1C(=O)OCC. The predicted octanol–water partition coefficient (Wildman–Crippen LogP) is 4.52. The number of alkyl halides is 3. The summed E-state index contributed by atoms with van der Waals surface area (Å²) in [5.41, 5.74) is -2.71. The zero-order valence-corrected chi connectivity index (χ0v) is 13.1. The van der Waals surface area contributed by atoms with Gasteiger partial charge in [0, 0.05) is 12.0 Å². The predicted molar refractivity (Wildman–Crippen MR) is 80.0 cm³/mol. The first-order valence-electron chi connectivity index (χ1n) is 7.59. The van der Waals surface area contributed by atoms with Crippen LogP contribution < -0.4 is 4.74 Å². The van der Waals surface area contributed by atoms with Gasteiger partial charge in [-0.3, -0.25) is 0 Å². The maximum Gasteiger partial charge on any atom is 0.432 e. The van der Waals surface area contributed by atoms with Gasteiger partial charge < -0.3 is 9.47 Å². The summed E-state index contributed by atoms with van der Waals surface area (Å²) in [6.45, 7) is 3.34. The molecule has 0 aliphatic carbocycles. The first-order valence-corrected chi connectivity index (χ1v) is 7.59. The molecule has 1 heterocycles. The maximum absolute atomic E-state index is 13.9. The van der Waals surface area contributed by atoms with E-state index in [1.165, 1.54) is 12.1 Å². The molecule has 1 aliphatic heterocycles. The third-order valence-corrected chi connectivity index (χ3v) is 3.77. The van der Waals surface area contributed by atoms with Crippen LogP contribution in [0.1, 0.15) is 38.7 Å². The molecule has 0 amide bonds. The highest BCUT2D eigenvalue weighted by Gasteiger charge is 2.62. The molecular weight excluding hydrogens is 309 g/mol. The van der Waals surface area contributed by atoms with Gasteiger partial charge in [0.05, 0.1) is 12.2 Å². The van der Waals surface area contributed by atoms with Gasteiger partial charge >= 0.3 is 12.1 Å². The van der Waals surface area contributed by atoms with E-state index in [2.05, 4.69) is 0 Å². The van der Waals surface area contributed by atoms with Crippen LogP contribution in [0.2, 0.25) is 0 Å². The fourth-order valence-corrected chi connectivity index (χ4v) is 2.60. The molecule has 1 unspecified atom stereocenters. The van der Waals surface area contributed by atoms with E-state index < -0.39 is 23.3 Å². The van der Waals surface area contributed by atoms with E-state index in [1.807, 2.05) is 0 Å². The van der Waals surface area contributed by atoms with Crippen LogP contribution in [0.3, 0.4) is 0 Å². The number of carbonyl (C=O) groups is 1. The van der Waals surface area contributed by atoms with Gasteiger partial charge in [-0.1, -0.05) is 31.5 Å². The van der Waals surface area contributed by atoms with Crippen molar-refractivity contribution < 1.29 is 27.4 Å². The summed E-state index contributed by atoms with van der Waals surface area (Å²) in [5.74, 6) is -0.871. The molecule has 3 nitrogen and oxygen atoms in total. The van der Waals surface area contributed by atoms with Crippen LogP contribution in [-0.2, 0) is 9.53 Å². The van der Waals surface area contributed by atoms with Crippen molar-refractivity contribution in [3.63, 3.8) is 0 Å². The van der Waals surface area contributed by atoms with Crippen molar-refractivity contribution in [2.45, 2.75) is 44.9 Å². The van der Waals surface area contributed by atoms with E-state index in [1.54, 1.807) is 32.0 Å². The molecule has 0 fully saturated rings. The van der Waals surface area contributed by atoms with Crippen LogP contribution in [-0.4, -0.2) is 24.4 Å². The van der Waals surface area contributed by atoms with Crippen LogP contribution >= 0.6 is 0 Å². The number of rotatable bonds is 5. The van der Waals surface area contributed by atoms with E-state index in [-0.39, 0.29) is 25.2 Å². The molecule has 0 radical (unpaired) electrons. The molecule has 0 bridgehead atoms. The Kier molecular flexibility index (Phi) is 5.02. The molecule has 1 aromatic rings. The van der Waals surface area contributed by atoms with Crippen molar-refractivity contribution in [1.82, 2.24) is 0 Å². The number of benzene rings is 1. The number of hydrogen-bond donors (Lipinski definition) is 0. The Hall–Kier alpha value is -1.98. The lowest BCUT2D eigenvalue weighted by molar-refractivity contribution is -0.238. The number of unbranched alkanes of at least 4 members (excludes halogenated alkanes) is 1. The van der Waals surface area contributed by atoms with Gasteiger partial charge in [-0.2, -0.15) is 13.2 Å². The van der Waals surface area contributed by atoms with Gasteiger partial charge in [0.15, 0.2) is 0 Å². The molecule has 0 spiro atoms. The fourth-order valence-electron chi connectivity index (χ4n) is 2.60. The van der Waals surface area contributed by atoms with Crippen molar-refractivity contribution in [2.24, 2.45) is 0 Å². The summed E-state index contributed by atoms with van der Waals surface area (Å²) in [6, 6.07) is 6.35. The third-order valence-electron chi connectivity index (χ3n) is 3.77. The van der Waals surface area contributed by atoms with E-state index in [0.29, 0.717) is 12.0 Å². The Morgan fingerprint density at radius 2 is 1.96 bits per heavy atom. The minimum absolute atomic E-state index is 0.000461. The van der Waals surface area contributed by atoms with Gasteiger partial charge in [-0.25, -0.2) is 4.79 Å².